The Balaban J connectivity index is 2.17. The van der Waals surface area contributed by atoms with E-state index in [4.69, 9.17) is 15.2 Å². The van der Waals surface area contributed by atoms with Crippen molar-refractivity contribution >= 4 is 5.82 Å². The Morgan fingerprint density at radius 3 is 2.67 bits per heavy atom. The first-order chi connectivity index (χ1) is 5.86. The van der Waals surface area contributed by atoms with Crippen molar-refractivity contribution < 1.29 is 9.47 Å². The minimum Gasteiger partial charge on any atom is -0.384 e. The number of pyridine rings is 1. The Labute approximate surface area is 70.3 Å². The summed E-state index contributed by atoms with van der Waals surface area (Å²) in [7, 11) is 0. The zero-order valence-electron chi connectivity index (χ0n) is 6.56. The summed E-state index contributed by atoms with van der Waals surface area (Å²) in [6, 6.07) is 3.60. The van der Waals surface area contributed by atoms with Gasteiger partial charge < -0.3 is 15.2 Å². The molecule has 64 valence electrons. The van der Waals surface area contributed by atoms with Gasteiger partial charge >= 0.3 is 0 Å². The third-order valence-corrected chi connectivity index (χ3v) is 1.70. The van der Waals surface area contributed by atoms with Crippen LogP contribution in [-0.2, 0) is 9.47 Å². The number of hydrogen-bond donors (Lipinski definition) is 1. The molecule has 0 unspecified atom stereocenters. The van der Waals surface area contributed by atoms with Gasteiger partial charge in [-0.05, 0) is 12.1 Å². The lowest BCUT2D eigenvalue weighted by Gasteiger charge is -2.07. The van der Waals surface area contributed by atoms with E-state index in [1.807, 2.05) is 6.07 Å². The molecule has 0 aromatic carbocycles. The smallest absolute Gasteiger partial charge is 0.185 e. The van der Waals surface area contributed by atoms with Crippen LogP contribution < -0.4 is 5.73 Å². The molecule has 0 spiro atoms. The van der Waals surface area contributed by atoms with Crippen molar-refractivity contribution in [3.8, 4) is 0 Å². The first-order valence-corrected chi connectivity index (χ1v) is 3.81. The zero-order chi connectivity index (χ0) is 8.39. The maximum Gasteiger partial charge on any atom is 0.185 e. The molecule has 0 aliphatic carbocycles. The Bertz CT molecular complexity index is 254. The molecule has 1 aliphatic heterocycles. The highest BCUT2D eigenvalue weighted by atomic mass is 16.7. The van der Waals surface area contributed by atoms with Crippen LogP contribution >= 0.6 is 0 Å². The molecule has 12 heavy (non-hydrogen) atoms. The average Bonchev–Trinajstić information content (AvgIpc) is 2.58. The third kappa shape index (κ3) is 1.39. The Kier molecular flexibility index (Phi) is 1.93. The van der Waals surface area contributed by atoms with Crippen LogP contribution in [0.4, 0.5) is 5.82 Å². The van der Waals surface area contributed by atoms with Crippen molar-refractivity contribution in [2.75, 3.05) is 18.9 Å². The van der Waals surface area contributed by atoms with Crippen LogP contribution in [0, 0.1) is 0 Å². The number of ether oxygens (including phenoxy) is 2. The van der Waals surface area contributed by atoms with E-state index in [1.165, 1.54) is 0 Å². The fourth-order valence-electron chi connectivity index (χ4n) is 1.11. The van der Waals surface area contributed by atoms with Crippen molar-refractivity contribution in [2.24, 2.45) is 0 Å². The molecule has 4 nitrogen and oxygen atoms in total. The molecule has 4 heteroatoms. The lowest BCUT2D eigenvalue weighted by atomic mass is 10.3. The van der Waals surface area contributed by atoms with E-state index in [-0.39, 0.29) is 6.29 Å². The standard InChI is InChI=1S/C8H10N2O2/c9-7-2-1-6(5-10-7)8-11-3-4-12-8/h1-2,5,8H,3-4H2,(H2,9,10). The summed E-state index contributed by atoms with van der Waals surface area (Å²) < 4.78 is 10.6. The Hall–Kier alpha value is -1.13. The van der Waals surface area contributed by atoms with Gasteiger partial charge in [-0.2, -0.15) is 0 Å². The summed E-state index contributed by atoms with van der Waals surface area (Å²) in [6.45, 7) is 1.30. The summed E-state index contributed by atoms with van der Waals surface area (Å²) in [6.07, 6.45) is 1.42. The number of aromatic nitrogens is 1. The zero-order valence-corrected chi connectivity index (χ0v) is 6.56. The molecule has 0 bridgehead atoms. The van der Waals surface area contributed by atoms with E-state index < -0.39 is 0 Å². The van der Waals surface area contributed by atoms with E-state index in [1.54, 1.807) is 12.3 Å². The molecular weight excluding hydrogens is 156 g/mol. The van der Waals surface area contributed by atoms with Gasteiger partial charge in [0.2, 0.25) is 0 Å². The number of nitrogens with zero attached hydrogens (tertiary/aromatic N) is 1. The summed E-state index contributed by atoms with van der Waals surface area (Å²) in [5.41, 5.74) is 6.35. The average molecular weight is 166 g/mol. The molecule has 2 heterocycles. The summed E-state index contributed by atoms with van der Waals surface area (Å²) in [5, 5.41) is 0. The molecule has 1 aromatic heterocycles. The van der Waals surface area contributed by atoms with Crippen LogP contribution in [0.25, 0.3) is 0 Å². The van der Waals surface area contributed by atoms with E-state index >= 15 is 0 Å². The molecule has 2 rings (SSSR count). The highest BCUT2D eigenvalue weighted by Crippen LogP contribution is 2.22. The van der Waals surface area contributed by atoms with Gasteiger partial charge in [0.05, 0.1) is 13.2 Å². The fourth-order valence-corrected chi connectivity index (χ4v) is 1.11. The monoisotopic (exact) mass is 166 g/mol. The van der Waals surface area contributed by atoms with Crippen LogP contribution in [0.3, 0.4) is 0 Å². The van der Waals surface area contributed by atoms with Gasteiger partial charge in [0, 0.05) is 11.8 Å². The predicted octanol–water partition coefficient (Wildman–Crippen LogP) is 0.709. The van der Waals surface area contributed by atoms with Gasteiger partial charge in [-0.3, -0.25) is 0 Å². The topological polar surface area (TPSA) is 57.4 Å². The Morgan fingerprint density at radius 2 is 2.08 bits per heavy atom. The van der Waals surface area contributed by atoms with Crippen molar-refractivity contribution in [3.05, 3.63) is 23.9 Å². The molecule has 2 N–H and O–H groups in total. The number of hydrogen-bond acceptors (Lipinski definition) is 4. The van der Waals surface area contributed by atoms with Gasteiger partial charge in [0.1, 0.15) is 5.82 Å². The van der Waals surface area contributed by atoms with Crippen molar-refractivity contribution in [3.63, 3.8) is 0 Å². The summed E-state index contributed by atoms with van der Waals surface area (Å²) in [5.74, 6) is 0.511. The van der Waals surface area contributed by atoms with Crippen LogP contribution in [0.15, 0.2) is 18.3 Å². The van der Waals surface area contributed by atoms with Gasteiger partial charge in [0.25, 0.3) is 0 Å². The van der Waals surface area contributed by atoms with E-state index in [0.717, 1.165) is 5.56 Å². The largest absolute Gasteiger partial charge is 0.384 e. The normalized spacial score (nSPS) is 18.3. The SMILES string of the molecule is Nc1ccc(C2OCCO2)cn1. The number of nitrogens with two attached hydrogens (primary N) is 1. The highest BCUT2D eigenvalue weighted by molar-refractivity contribution is 5.29. The molecule has 1 fully saturated rings. The second-order valence-electron chi connectivity index (χ2n) is 2.59. The molecule has 0 atom stereocenters. The van der Waals surface area contributed by atoms with Crippen molar-refractivity contribution in [1.29, 1.82) is 0 Å². The van der Waals surface area contributed by atoms with Crippen LogP contribution in [0.5, 0.6) is 0 Å². The summed E-state index contributed by atoms with van der Waals surface area (Å²) in [4.78, 5) is 3.94. The summed E-state index contributed by atoms with van der Waals surface area (Å²) >= 11 is 0. The van der Waals surface area contributed by atoms with Crippen LogP contribution in [0.2, 0.25) is 0 Å². The molecule has 0 saturated carbocycles. The molecular formula is C8H10N2O2. The molecule has 0 radical (unpaired) electrons. The van der Waals surface area contributed by atoms with Crippen LogP contribution in [-0.4, -0.2) is 18.2 Å². The molecule has 0 amide bonds. The first kappa shape index (κ1) is 7.52. The number of rotatable bonds is 1. The minimum absolute atomic E-state index is 0.252. The number of anilines is 1. The van der Waals surface area contributed by atoms with Gasteiger partial charge in [0.15, 0.2) is 6.29 Å². The quantitative estimate of drug-likeness (QED) is 0.667. The molecule has 1 saturated heterocycles. The van der Waals surface area contributed by atoms with Gasteiger partial charge in [-0.25, -0.2) is 4.98 Å². The second kappa shape index (κ2) is 3.08. The molecule has 1 aromatic rings. The second-order valence-corrected chi connectivity index (χ2v) is 2.59. The first-order valence-electron chi connectivity index (χ1n) is 3.81. The fraction of sp³-hybridized carbons (Fsp3) is 0.375. The maximum atomic E-state index is 5.43. The van der Waals surface area contributed by atoms with E-state index in [0.29, 0.717) is 19.0 Å². The minimum atomic E-state index is -0.252. The number of nitrogen functional groups attached to an aromatic ring is 1. The lowest BCUT2D eigenvalue weighted by Crippen LogP contribution is -1.99. The highest BCUT2D eigenvalue weighted by Gasteiger charge is 2.17. The lowest BCUT2D eigenvalue weighted by molar-refractivity contribution is -0.0443. The van der Waals surface area contributed by atoms with Gasteiger partial charge in [-0.15, -0.1) is 0 Å². The third-order valence-electron chi connectivity index (χ3n) is 1.70. The maximum absolute atomic E-state index is 5.43. The van der Waals surface area contributed by atoms with E-state index in [2.05, 4.69) is 4.98 Å². The van der Waals surface area contributed by atoms with Gasteiger partial charge in [-0.1, -0.05) is 0 Å². The van der Waals surface area contributed by atoms with Crippen molar-refractivity contribution in [2.45, 2.75) is 6.29 Å². The van der Waals surface area contributed by atoms with Crippen molar-refractivity contribution in [1.82, 2.24) is 4.98 Å². The molecule has 1 aliphatic rings. The Morgan fingerprint density at radius 1 is 1.33 bits per heavy atom. The predicted molar refractivity (Wildman–Crippen MR) is 43.3 cm³/mol. The van der Waals surface area contributed by atoms with Crippen LogP contribution in [0.1, 0.15) is 11.9 Å². The van der Waals surface area contributed by atoms with E-state index in [9.17, 15) is 0 Å².